The van der Waals surface area contributed by atoms with Gasteiger partial charge in [-0.25, -0.2) is 0 Å². The molecule has 0 spiro atoms. The number of hydrogen-bond acceptors (Lipinski definition) is 4. The molecule has 1 aromatic heterocycles. The topological polar surface area (TPSA) is 59.2 Å². The molecule has 4 nitrogen and oxygen atoms in total. The molecule has 0 amide bonds. The van der Waals surface area contributed by atoms with Gasteiger partial charge in [-0.05, 0) is 24.5 Å². The van der Waals surface area contributed by atoms with E-state index in [9.17, 15) is 0 Å². The Morgan fingerprint density at radius 1 is 1.24 bits per heavy atom. The molecular weight excluding hydrogens is 216 g/mol. The molecule has 0 saturated heterocycles. The second-order valence-corrected chi connectivity index (χ2v) is 3.84. The molecule has 2 rings (SSSR count). The molecule has 2 aromatic rings. The number of aliphatic hydroxyl groups is 1. The molecule has 0 radical (unpaired) electrons. The van der Waals surface area contributed by atoms with Gasteiger partial charge in [0.1, 0.15) is 0 Å². The first-order valence-corrected chi connectivity index (χ1v) is 5.86. The summed E-state index contributed by atoms with van der Waals surface area (Å²) < 4.78 is 5.58. The number of hydrogen-bond donors (Lipinski definition) is 1. The minimum atomic E-state index is 0.142. The lowest BCUT2D eigenvalue weighted by atomic mass is 10.1. The average molecular weight is 232 g/mol. The molecule has 0 unspecified atom stereocenters. The Hall–Kier alpha value is -1.68. The van der Waals surface area contributed by atoms with Crippen LogP contribution in [0, 0.1) is 0 Å². The molecule has 0 aliphatic heterocycles. The quantitative estimate of drug-likeness (QED) is 0.858. The van der Waals surface area contributed by atoms with Gasteiger partial charge in [-0.1, -0.05) is 25.1 Å². The highest BCUT2D eigenvalue weighted by Gasteiger charge is 2.10. The van der Waals surface area contributed by atoms with Crippen molar-refractivity contribution in [3.05, 3.63) is 35.7 Å². The van der Waals surface area contributed by atoms with Crippen LogP contribution in [0.1, 0.15) is 24.8 Å². The predicted octanol–water partition coefficient (Wildman–Crippen LogP) is 2.22. The molecule has 0 fully saturated rings. The Kier molecular flexibility index (Phi) is 3.88. The van der Waals surface area contributed by atoms with E-state index in [1.165, 1.54) is 5.56 Å². The maximum Gasteiger partial charge on any atom is 0.248 e. The Balaban J connectivity index is 2.24. The van der Waals surface area contributed by atoms with Gasteiger partial charge in [-0.15, -0.1) is 10.2 Å². The number of benzene rings is 1. The number of aliphatic hydroxyl groups excluding tert-OH is 1. The van der Waals surface area contributed by atoms with E-state index >= 15 is 0 Å². The summed E-state index contributed by atoms with van der Waals surface area (Å²) in [4.78, 5) is 0. The van der Waals surface area contributed by atoms with Crippen LogP contribution in [0.15, 0.2) is 28.7 Å². The van der Waals surface area contributed by atoms with Crippen LogP contribution >= 0.6 is 0 Å². The van der Waals surface area contributed by atoms with Crippen molar-refractivity contribution in [1.29, 1.82) is 0 Å². The van der Waals surface area contributed by atoms with Gasteiger partial charge in [0.05, 0.1) is 0 Å². The molecule has 4 heteroatoms. The van der Waals surface area contributed by atoms with E-state index in [2.05, 4.69) is 23.2 Å². The van der Waals surface area contributed by atoms with Crippen LogP contribution in [0.2, 0.25) is 0 Å². The van der Waals surface area contributed by atoms with Crippen LogP contribution in [-0.2, 0) is 12.8 Å². The summed E-state index contributed by atoms with van der Waals surface area (Å²) >= 11 is 0. The fourth-order valence-electron chi connectivity index (χ4n) is 1.73. The van der Waals surface area contributed by atoms with E-state index in [-0.39, 0.29) is 6.61 Å². The lowest BCUT2D eigenvalue weighted by Crippen LogP contribution is -1.88. The van der Waals surface area contributed by atoms with Crippen LogP contribution in [0.3, 0.4) is 0 Å². The van der Waals surface area contributed by atoms with E-state index in [4.69, 9.17) is 9.52 Å². The number of aromatic nitrogens is 2. The summed E-state index contributed by atoms with van der Waals surface area (Å²) in [5.41, 5.74) is 2.20. The highest BCUT2D eigenvalue weighted by molar-refractivity contribution is 5.58. The predicted molar refractivity (Wildman–Crippen MR) is 64.5 cm³/mol. The molecule has 90 valence electrons. The van der Waals surface area contributed by atoms with Gasteiger partial charge in [0.2, 0.25) is 11.8 Å². The summed E-state index contributed by atoms with van der Waals surface area (Å²) in [6.45, 7) is 2.24. The van der Waals surface area contributed by atoms with Crippen LogP contribution in [0.5, 0.6) is 0 Å². The zero-order chi connectivity index (χ0) is 12.1. The Morgan fingerprint density at radius 3 is 2.82 bits per heavy atom. The van der Waals surface area contributed by atoms with E-state index in [1.807, 2.05) is 18.2 Å². The first kappa shape index (κ1) is 11.8. The van der Waals surface area contributed by atoms with E-state index in [0.717, 1.165) is 12.0 Å². The molecule has 0 atom stereocenters. The Bertz CT molecular complexity index is 480. The summed E-state index contributed by atoms with van der Waals surface area (Å²) in [7, 11) is 0. The minimum absolute atomic E-state index is 0.142. The maximum atomic E-state index is 8.74. The normalized spacial score (nSPS) is 10.7. The number of rotatable bonds is 5. The maximum absolute atomic E-state index is 8.74. The third-order valence-corrected chi connectivity index (χ3v) is 2.64. The SMILES string of the molecule is CCc1ccccc1-c1nnc(CCCO)o1. The summed E-state index contributed by atoms with van der Waals surface area (Å²) in [6.07, 6.45) is 2.21. The van der Waals surface area contributed by atoms with Crippen molar-refractivity contribution < 1.29 is 9.52 Å². The third-order valence-electron chi connectivity index (χ3n) is 2.64. The van der Waals surface area contributed by atoms with Crippen LogP contribution < -0.4 is 0 Å². The van der Waals surface area contributed by atoms with Crippen LogP contribution in [0.4, 0.5) is 0 Å². The summed E-state index contributed by atoms with van der Waals surface area (Å²) in [5.74, 6) is 1.15. The first-order chi connectivity index (χ1) is 8.35. The lowest BCUT2D eigenvalue weighted by Gasteiger charge is -2.01. The minimum Gasteiger partial charge on any atom is -0.421 e. The van der Waals surface area contributed by atoms with Gasteiger partial charge < -0.3 is 9.52 Å². The van der Waals surface area contributed by atoms with Crippen LogP contribution in [-0.4, -0.2) is 21.9 Å². The van der Waals surface area contributed by atoms with E-state index in [1.54, 1.807) is 0 Å². The molecule has 1 heterocycles. The lowest BCUT2D eigenvalue weighted by molar-refractivity contribution is 0.283. The molecule has 0 aliphatic carbocycles. The number of aryl methyl sites for hydroxylation is 2. The first-order valence-electron chi connectivity index (χ1n) is 5.86. The second-order valence-electron chi connectivity index (χ2n) is 3.84. The highest BCUT2D eigenvalue weighted by atomic mass is 16.4. The van der Waals surface area contributed by atoms with Crippen molar-refractivity contribution in [3.8, 4) is 11.5 Å². The average Bonchev–Trinajstić information content (AvgIpc) is 2.85. The molecule has 17 heavy (non-hydrogen) atoms. The zero-order valence-electron chi connectivity index (χ0n) is 9.89. The van der Waals surface area contributed by atoms with Crippen molar-refractivity contribution in [1.82, 2.24) is 10.2 Å². The number of nitrogens with zero attached hydrogens (tertiary/aromatic N) is 2. The van der Waals surface area contributed by atoms with Crippen molar-refractivity contribution in [2.24, 2.45) is 0 Å². The van der Waals surface area contributed by atoms with Crippen molar-refractivity contribution in [2.75, 3.05) is 6.61 Å². The van der Waals surface area contributed by atoms with E-state index < -0.39 is 0 Å². The standard InChI is InChI=1S/C13H16N2O2/c1-2-10-6-3-4-7-11(10)13-15-14-12(17-13)8-5-9-16/h3-4,6-7,16H,2,5,8-9H2,1H3. The fourth-order valence-corrected chi connectivity index (χ4v) is 1.73. The smallest absolute Gasteiger partial charge is 0.248 e. The summed E-state index contributed by atoms with van der Waals surface area (Å²) in [6, 6.07) is 8.02. The van der Waals surface area contributed by atoms with Gasteiger partial charge in [0.15, 0.2) is 0 Å². The van der Waals surface area contributed by atoms with Crippen LogP contribution in [0.25, 0.3) is 11.5 Å². The zero-order valence-corrected chi connectivity index (χ0v) is 9.89. The Labute approximate surface area is 100 Å². The third kappa shape index (κ3) is 2.71. The molecular formula is C13H16N2O2. The van der Waals surface area contributed by atoms with Crippen molar-refractivity contribution in [2.45, 2.75) is 26.2 Å². The summed E-state index contributed by atoms with van der Waals surface area (Å²) in [5, 5.41) is 16.8. The van der Waals surface area contributed by atoms with Gasteiger partial charge in [0.25, 0.3) is 0 Å². The molecule has 1 N–H and O–H groups in total. The van der Waals surface area contributed by atoms with Gasteiger partial charge >= 0.3 is 0 Å². The Morgan fingerprint density at radius 2 is 2.06 bits per heavy atom. The van der Waals surface area contributed by atoms with Gasteiger partial charge in [0, 0.05) is 18.6 Å². The fraction of sp³-hybridized carbons (Fsp3) is 0.385. The largest absolute Gasteiger partial charge is 0.421 e. The van der Waals surface area contributed by atoms with Gasteiger partial charge in [-0.2, -0.15) is 0 Å². The van der Waals surface area contributed by atoms with Crippen molar-refractivity contribution in [3.63, 3.8) is 0 Å². The molecule has 0 aliphatic rings. The van der Waals surface area contributed by atoms with E-state index in [0.29, 0.717) is 24.6 Å². The molecule has 0 saturated carbocycles. The monoisotopic (exact) mass is 232 g/mol. The molecule has 1 aromatic carbocycles. The second kappa shape index (κ2) is 5.59. The molecule has 0 bridgehead atoms. The van der Waals surface area contributed by atoms with Crippen molar-refractivity contribution >= 4 is 0 Å². The highest BCUT2D eigenvalue weighted by Crippen LogP contribution is 2.22. The van der Waals surface area contributed by atoms with Gasteiger partial charge in [-0.3, -0.25) is 0 Å².